The van der Waals surface area contributed by atoms with Gasteiger partial charge in [-0.15, -0.1) is 0 Å². The Balaban J connectivity index is 3.24. The highest BCUT2D eigenvalue weighted by molar-refractivity contribution is 5.90. The van der Waals surface area contributed by atoms with Crippen molar-refractivity contribution in [1.29, 1.82) is 0 Å². The Hall–Kier alpha value is -1.66. The second kappa shape index (κ2) is 6.49. The summed E-state index contributed by atoms with van der Waals surface area (Å²) in [5.41, 5.74) is 0.813. The average molecular weight is 269 g/mol. The van der Waals surface area contributed by atoms with Gasteiger partial charge in [0, 0.05) is 26.0 Å². The van der Waals surface area contributed by atoms with Crippen LogP contribution in [0.5, 0.6) is 0 Å². The molecule has 0 saturated heterocycles. The number of nitrogens with zero attached hydrogens (tertiary/aromatic N) is 1. The van der Waals surface area contributed by atoms with Gasteiger partial charge in [-0.2, -0.15) is 0 Å². The maximum absolute atomic E-state index is 12.0. The monoisotopic (exact) mass is 269 g/mol. The number of carboxylic acids is 1. The molecule has 0 spiro atoms. The lowest BCUT2D eigenvalue weighted by molar-refractivity contribution is 0.0174. The number of methoxy groups -OCH3 is 2. The minimum absolute atomic E-state index is 0.159. The van der Waals surface area contributed by atoms with Gasteiger partial charge in [-0.25, -0.2) is 4.79 Å². The average Bonchev–Trinajstić information content (AvgIpc) is 2.32. The predicted molar refractivity (Wildman–Crippen MR) is 69.8 cm³/mol. The van der Waals surface area contributed by atoms with Gasteiger partial charge in [0.2, 0.25) is 0 Å². The van der Waals surface area contributed by atoms with E-state index >= 15 is 0 Å². The molecule has 1 atom stereocenters. The first-order valence-electron chi connectivity index (χ1n) is 5.88. The van der Waals surface area contributed by atoms with Gasteiger partial charge in [0.25, 0.3) is 5.56 Å². The standard InChI is InChI=1S/C13H19NO5/c1-8-5-11(15)14(6-10(19-4)7-18-3)9(2)12(8)13(16)17/h5,10H,6-7H2,1-4H3,(H,16,17). The number of carboxylic acid groups (broad SMARTS) is 1. The second-order valence-electron chi connectivity index (χ2n) is 4.35. The number of pyridine rings is 1. The Morgan fingerprint density at radius 3 is 2.53 bits per heavy atom. The van der Waals surface area contributed by atoms with Crippen molar-refractivity contribution < 1.29 is 19.4 Å². The molecule has 19 heavy (non-hydrogen) atoms. The Kier molecular flexibility index (Phi) is 5.26. The number of hydrogen-bond donors (Lipinski definition) is 1. The second-order valence-corrected chi connectivity index (χ2v) is 4.35. The van der Waals surface area contributed by atoms with Gasteiger partial charge in [0.05, 0.1) is 24.8 Å². The molecule has 0 radical (unpaired) electrons. The lowest BCUT2D eigenvalue weighted by Gasteiger charge is -2.19. The number of rotatable bonds is 6. The van der Waals surface area contributed by atoms with Crippen molar-refractivity contribution in [3.63, 3.8) is 0 Å². The van der Waals surface area contributed by atoms with E-state index in [1.54, 1.807) is 21.0 Å². The van der Waals surface area contributed by atoms with E-state index in [0.717, 1.165) is 0 Å². The van der Waals surface area contributed by atoms with Crippen molar-refractivity contribution >= 4 is 5.97 Å². The Morgan fingerprint density at radius 1 is 1.42 bits per heavy atom. The molecule has 1 unspecified atom stereocenters. The molecule has 1 rings (SSSR count). The minimum Gasteiger partial charge on any atom is -0.478 e. The first kappa shape index (κ1) is 15.4. The Morgan fingerprint density at radius 2 is 2.05 bits per heavy atom. The number of hydrogen-bond acceptors (Lipinski definition) is 4. The predicted octanol–water partition coefficient (Wildman–Crippen LogP) is 0.825. The third-order valence-electron chi connectivity index (χ3n) is 3.05. The number of aromatic carboxylic acids is 1. The summed E-state index contributed by atoms with van der Waals surface area (Å²) in [5, 5.41) is 9.19. The fourth-order valence-corrected chi connectivity index (χ4v) is 2.06. The molecule has 0 fully saturated rings. The normalized spacial score (nSPS) is 12.4. The largest absolute Gasteiger partial charge is 0.478 e. The van der Waals surface area contributed by atoms with Crippen molar-refractivity contribution in [3.8, 4) is 0 Å². The van der Waals surface area contributed by atoms with Crippen molar-refractivity contribution in [2.45, 2.75) is 26.5 Å². The van der Waals surface area contributed by atoms with Gasteiger partial charge in [-0.1, -0.05) is 0 Å². The molecule has 0 amide bonds. The SMILES string of the molecule is COCC(Cn1c(C)c(C(=O)O)c(C)cc1=O)OC. The summed E-state index contributed by atoms with van der Waals surface area (Å²) in [7, 11) is 3.07. The molecule has 0 aliphatic rings. The molecule has 1 heterocycles. The highest BCUT2D eigenvalue weighted by atomic mass is 16.5. The van der Waals surface area contributed by atoms with E-state index < -0.39 is 5.97 Å². The summed E-state index contributed by atoms with van der Waals surface area (Å²) in [5.74, 6) is -1.04. The summed E-state index contributed by atoms with van der Waals surface area (Å²) >= 11 is 0. The van der Waals surface area contributed by atoms with Crippen LogP contribution in [0.25, 0.3) is 0 Å². The van der Waals surface area contributed by atoms with Crippen LogP contribution in [0.15, 0.2) is 10.9 Å². The third kappa shape index (κ3) is 3.42. The number of aromatic nitrogens is 1. The highest BCUT2D eigenvalue weighted by Gasteiger charge is 2.18. The van der Waals surface area contributed by atoms with Crippen molar-refractivity contribution in [3.05, 3.63) is 33.2 Å². The quantitative estimate of drug-likeness (QED) is 0.827. The van der Waals surface area contributed by atoms with E-state index in [9.17, 15) is 14.7 Å². The van der Waals surface area contributed by atoms with Gasteiger partial charge < -0.3 is 19.1 Å². The van der Waals surface area contributed by atoms with Crippen LogP contribution in [-0.2, 0) is 16.0 Å². The van der Waals surface area contributed by atoms with Crippen LogP contribution >= 0.6 is 0 Å². The zero-order valence-corrected chi connectivity index (χ0v) is 11.6. The Bertz CT molecular complexity index is 521. The minimum atomic E-state index is -1.04. The molecular weight excluding hydrogens is 250 g/mol. The fourth-order valence-electron chi connectivity index (χ4n) is 2.06. The zero-order chi connectivity index (χ0) is 14.6. The van der Waals surface area contributed by atoms with Crippen LogP contribution in [-0.4, -0.2) is 42.6 Å². The van der Waals surface area contributed by atoms with E-state index in [1.165, 1.54) is 17.7 Å². The molecule has 106 valence electrons. The van der Waals surface area contributed by atoms with E-state index in [2.05, 4.69) is 0 Å². The smallest absolute Gasteiger partial charge is 0.337 e. The van der Waals surface area contributed by atoms with Crippen molar-refractivity contribution in [2.75, 3.05) is 20.8 Å². The lowest BCUT2D eigenvalue weighted by Crippen LogP contribution is -2.33. The first-order valence-corrected chi connectivity index (χ1v) is 5.88. The highest BCUT2D eigenvalue weighted by Crippen LogP contribution is 2.12. The third-order valence-corrected chi connectivity index (χ3v) is 3.05. The van der Waals surface area contributed by atoms with Crippen LogP contribution in [0.2, 0.25) is 0 Å². The summed E-state index contributed by atoms with van der Waals surface area (Å²) in [6.45, 7) is 3.83. The fraction of sp³-hybridized carbons (Fsp3) is 0.538. The van der Waals surface area contributed by atoms with Gasteiger partial charge in [-0.3, -0.25) is 4.79 Å². The number of aryl methyl sites for hydroxylation is 1. The van der Waals surface area contributed by atoms with Crippen LogP contribution in [0.1, 0.15) is 21.6 Å². The lowest BCUT2D eigenvalue weighted by atomic mass is 10.1. The molecule has 0 saturated carbocycles. The zero-order valence-electron chi connectivity index (χ0n) is 11.6. The van der Waals surface area contributed by atoms with Crippen LogP contribution in [0, 0.1) is 13.8 Å². The van der Waals surface area contributed by atoms with Crippen molar-refractivity contribution in [2.24, 2.45) is 0 Å². The van der Waals surface area contributed by atoms with Crippen LogP contribution in [0.3, 0.4) is 0 Å². The number of ether oxygens (including phenoxy) is 2. The van der Waals surface area contributed by atoms with Crippen LogP contribution < -0.4 is 5.56 Å². The number of carbonyl (C=O) groups is 1. The molecule has 0 aromatic carbocycles. The molecule has 0 bridgehead atoms. The summed E-state index contributed by atoms with van der Waals surface area (Å²) < 4.78 is 11.6. The van der Waals surface area contributed by atoms with Gasteiger partial charge in [0.1, 0.15) is 0 Å². The summed E-state index contributed by atoms with van der Waals surface area (Å²) in [4.78, 5) is 23.2. The molecule has 1 aromatic heterocycles. The maximum Gasteiger partial charge on any atom is 0.337 e. The first-order chi connectivity index (χ1) is 8.92. The van der Waals surface area contributed by atoms with E-state index in [-0.39, 0.29) is 23.8 Å². The van der Waals surface area contributed by atoms with Gasteiger partial charge in [-0.05, 0) is 19.4 Å². The molecule has 0 aliphatic heterocycles. The topological polar surface area (TPSA) is 77.8 Å². The van der Waals surface area contributed by atoms with Gasteiger partial charge in [0.15, 0.2) is 0 Å². The molecular formula is C13H19NO5. The summed E-state index contributed by atoms with van der Waals surface area (Å²) in [6.07, 6.45) is -0.300. The van der Waals surface area contributed by atoms with E-state index in [1.807, 2.05) is 0 Å². The Labute approximate surface area is 111 Å². The van der Waals surface area contributed by atoms with E-state index in [4.69, 9.17) is 9.47 Å². The molecule has 0 aliphatic carbocycles. The molecule has 6 heteroatoms. The van der Waals surface area contributed by atoms with Gasteiger partial charge >= 0.3 is 5.97 Å². The summed E-state index contributed by atoms with van der Waals surface area (Å²) in [6, 6.07) is 1.33. The molecule has 6 nitrogen and oxygen atoms in total. The van der Waals surface area contributed by atoms with Crippen molar-refractivity contribution in [1.82, 2.24) is 4.57 Å². The van der Waals surface area contributed by atoms with Crippen LogP contribution in [0.4, 0.5) is 0 Å². The maximum atomic E-state index is 12.0. The molecule has 1 N–H and O–H groups in total. The van der Waals surface area contributed by atoms with E-state index in [0.29, 0.717) is 17.9 Å². The molecule has 1 aromatic rings.